The Hall–Kier alpha value is -1.62. The number of benzene rings is 1. The maximum atomic E-state index is 12.9. The Kier molecular flexibility index (Phi) is 5.76. The summed E-state index contributed by atoms with van der Waals surface area (Å²) in [5, 5.41) is 12.0. The monoisotopic (exact) mass is 269 g/mol. The number of aryl methyl sites for hydroxylation is 1. The van der Waals surface area contributed by atoms with Crippen molar-refractivity contribution in [1.29, 1.82) is 0 Å². The zero-order valence-electron chi connectivity index (χ0n) is 11.4. The minimum atomic E-state index is -0.895. The molecule has 2 N–H and O–H groups in total. The van der Waals surface area contributed by atoms with Gasteiger partial charge in [0.25, 0.3) is 0 Å². The smallest absolute Gasteiger partial charge is 0.320 e. The highest BCUT2D eigenvalue weighted by atomic mass is 19.1. The molecule has 0 fully saturated rings. The predicted octanol–water partition coefficient (Wildman–Crippen LogP) is 2.35. The van der Waals surface area contributed by atoms with E-state index in [1.54, 1.807) is 13.0 Å². The summed E-state index contributed by atoms with van der Waals surface area (Å²) in [7, 11) is 0. The van der Waals surface area contributed by atoms with Crippen molar-refractivity contribution in [2.45, 2.75) is 39.3 Å². The molecule has 0 aliphatic rings. The standard InChI is InChI=1S/C14H20FNO3/c1-9(2)16-12(14(17)18)6-7-19-13-5-4-11(15)8-10(13)3/h4-5,8-9,12,16H,6-7H2,1-3H3,(H,17,18). The number of halogens is 1. The maximum absolute atomic E-state index is 12.9. The fourth-order valence-corrected chi connectivity index (χ4v) is 1.74. The van der Waals surface area contributed by atoms with E-state index in [1.807, 2.05) is 13.8 Å². The van der Waals surface area contributed by atoms with Crippen LogP contribution < -0.4 is 10.1 Å². The van der Waals surface area contributed by atoms with E-state index >= 15 is 0 Å². The Bertz CT molecular complexity index is 435. The fourth-order valence-electron chi connectivity index (χ4n) is 1.74. The van der Waals surface area contributed by atoms with Crippen LogP contribution in [-0.2, 0) is 4.79 Å². The normalized spacial score (nSPS) is 12.5. The molecule has 0 aromatic heterocycles. The molecule has 0 bridgehead atoms. The van der Waals surface area contributed by atoms with Crippen LogP contribution in [0.3, 0.4) is 0 Å². The first-order valence-corrected chi connectivity index (χ1v) is 6.28. The maximum Gasteiger partial charge on any atom is 0.320 e. The van der Waals surface area contributed by atoms with Gasteiger partial charge in [-0.25, -0.2) is 4.39 Å². The third-order valence-corrected chi connectivity index (χ3v) is 2.63. The lowest BCUT2D eigenvalue weighted by molar-refractivity contribution is -0.140. The summed E-state index contributed by atoms with van der Waals surface area (Å²) in [5.74, 6) is -0.627. The number of ether oxygens (including phenoxy) is 1. The quantitative estimate of drug-likeness (QED) is 0.797. The van der Waals surface area contributed by atoms with Crippen LogP contribution in [0.4, 0.5) is 4.39 Å². The molecule has 0 heterocycles. The van der Waals surface area contributed by atoms with Crippen LogP contribution in [0.1, 0.15) is 25.8 Å². The Morgan fingerprint density at radius 1 is 1.47 bits per heavy atom. The van der Waals surface area contributed by atoms with Crippen LogP contribution in [0, 0.1) is 12.7 Å². The second-order valence-electron chi connectivity index (χ2n) is 4.76. The SMILES string of the molecule is Cc1cc(F)ccc1OCCC(NC(C)C)C(=O)O. The zero-order chi connectivity index (χ0) is 14.4. The summed E-state index contributed by atoms with van der Waals surface area (Å²) < 4.78 is 18.4. The van der Waals surface area contributed by atoms with E-state index in [-0.39, 0.29) is 18.5 Å². The summed E-state index contributed by atoms with van der Waals surface area (Å²) in [6.07, 6.45) is 0.352. The molecule has 1 rings (SSSR count). The molecule has 0 saturated carbocycles. The summed E-state index contributed by atoms with van der Waals surface area (Å²) >= 11 is 0. The van der Waals surface area contributed by atoms with Crippen molar-refractivity contribution in [1.82, 2.24) is 5.32 Å². The van der Waals surface area contributed by atoms with Crippen LogP contribution >= 0.6 is 0 Å². The van der Waals surface area contributed by atoms with E-state index in [4.69, 9.17) is 9.84 Å². The van der Waals surface area contributed by atoms with Gasteiger partial charge in [0.1, 0.15) is 17.6 Å². The number of carboxylic acids is 1. The van der Waals surface area contributed by atoms with Gasteiger partial charge >= 0.3 is 5.97 Å². The summed E-state index contributed by atoms with van der Waals surface area (Å²) in [6, 6.07) is 3.71. The molecule has 0 aliphatic carbocycles. The van der Waals surface area contributed by atoms with Crippen molar-refractivity contribution < 1.29 is 19.0 Å². The van der Waals surface area contributed by atoms with Crippen molar-refractivity contribution in [3.8, 4) is 5.75 Å². The first-order valence-electron chi connectivity index (χ1n) is 6.28. The average molecular weight is 269 g/mol. The van der Waals surface area contributed by atoms with Gasteiger partial charge in [0.2, 0.25) is 0 Å². The van der Waals surface area contributed by atoms with Crippen molar-refractivity contribution in [2.75, 3.05) is 6.61 Å². The summed E-state index contributed by atoms with van der Waals surface area (Å²) in [4.78, 5) is 11.0. The highest BCUT2D eigenvalue weighted by Crippen LogP contribution is 2.18. The molecular weight excluding hydrogens is 249 g/mol. The van der Waals surface area contributed by atoms with Gasteiger partial charge in [0, 0.05) is 12.5 Å². The van der Waals surface area contributed by atoms with Gasteiger partial charge in [-0.15, -0.1) is 0 Å². The Morgan fingerprint density at radius 2 is 2.16 bits per heavy atom. The molecule has 106 valence electrons. The summed E-state index contributed by atoms with van der Waals surface area (Å²) in [6.45, 7) is 5.80. The minimum absolute atomic E-state index is 0.0913. The number of rotatable bonds is 7. The molecule has 1 aromatic rings. The van der Waals surface area contributed by atoms with E-state index in [2.05, 4.69) is 5.32 Å². The first-order chi connectivity index (χ1) is 8.90. The number of aliphatic carboxylic acids is 1. The van der Waals surface area contributed by atoms with Crippen LogP contribution in [0.25, 0.3) is 0 Å². The van der Waals surface area contributed by atoms with Gasteiger partial charge in [-0.1, -0.05) is 13.8 Å². The van der Waals surface area contributed by atoms with E-state index in [1.165, 1.54) is 12.1 Å². The molecular formula is C14H20FNO3. The van der Waals surface area contributed by atoms with Gasteiger partial charge in [-0.05, 0) is 30.7 Å². The summed E-state index contributed by atoms with van der Waals surface area (Å²) in [5.41, 5.74) is 0.698. The largest absolute Gasteiger partial charge is 0.493 e. The van der Waals surface area contributed by atoms with Gasteiger partial charge in [0.05, 0.1) is 6.61 Å². The predicted molar refractivity (Wildman–Crippen MR) is 70.9 cm³/mol. The number of hydrogen-bond donors (Lipinski definition) is 2. The lowest BCUT2D eigenvalue weighted by Gasteiger charge is -2.17. The fraction of sp³-hybridized carbons (Fsp3) is 0.500. The molecule has 0 saturated heterocycles. The molecule has 0 aliphatic heterocycles. The molecule has 0 amide bonds. The van der Waals surface area contributed by atoms with E-state index in [9.17, 15) is 9.18 Å². The van der Waals surface area contributed by atoms with Crippen LogP contribution in [0.2, 0.25) is 0 Å². The van der Waals surface area contributed by atoms with Gasteiger partial charge in [-0.3, -0.25) is 4.79 Å². The highest BCUT2D eigenvalue weighted by Gasteiger charge is 2.17. The minimum Gasteiger partial charge on any atom is -0.493 e. The van der Waals surface area contributed by atoms with E-state index < -0.39 is 12.0 Å². The number of nitrogens with one attached hydrogen (secondary N) is 1. The first kappa shape index (κ1) is 15.4. The van der Waals surface area contributed by atoms with Gasteiger partial charge in [-0.2, -0.15) is 0 Å². The molecule has 1 atom stereocenters. The molecule has 1 unspecified atom stereocenters. The number of carboxylic acid groups (broad SMARTS) is 1. The van der Waals surface area contributed by atoms with Gasteiger partial charge < -0.3 is 15.2 Å². The zero-order valence-corrected chi connectivity index (χ0v) is 11.4. The third-order valence-electron chi connectivity index (χ3n) is 2.63. The molecule has 0 radical (unpaired) electrons. The van der Waals surface area contributed by atoms with Crippen molar-refractivity contribution in [2.24, 2.45) is 0 Å². The third kappa shape index (κ3) is 5.26. The second kappa shape index (κ2) is 7.09. The Labute approximate surface area is 112 Å². The van der Waals surface area contributed by atoms with Crippen molar-refractivity contribution in [3.63, 3.8) is 0 Å². The van der Waals surface area contributed by atoms with E-state index in [0.29, 0.717) is 17.7 Å². The molecule has 4 nitrogen and oxygen atoms in total. The molecule has 5 heteroatoms. The average Bonchev–Trinajstić information content (AvgIpc) is 2.29. The topological polar surface area (TPSA) is 58.6 Å². The second-order valence-corrected chi connectivity index (χ2v) is 4.76. The molecule has 0 spiro atoms. The van der Waals surface area contributed by atoms with Crippen molar-refractivity contribution >= 4 is 5.97 Å². The van der Waals surface area contributed by atoms with Crippen LogP contribution in [0.5, 0.6) is 5.75 Å². The van der Waals surface area contributed by atoms with Crippen molar-refractivity contribution in [3.05, 3.63) is 29.6 Å². The van der Waals surface area contributed by atoms with Crippen LogP contribution in [-0.4, -0.2) is 29.8 Å². The van der Waals surface area contributed by atoms with E-state index in [0.717, 1.165) is 0 Å². The number of carbonyl (C=O) groups is 1. The lowest BCUT2D eigenvalue weighted by atomic mass is 10.2. The Morgan fingerprint density at radius 3 is 2.68 bits per heavy atom. The van der Waals surface area contributed by atoms with Gasteiger partial charge in [0.15, 0.2) is 0 Å². The van der Waals surface area contributed by atoms with Crippen LogP contribution in [0.15, 0.2) is 18.2 Å². The number of hydrogen-bond acceptors (Lipinski definition) is 3. The molecule has 1 aromatic carbocycles. The Balaban J connectivity index is 2.49. The molecule has 19 heavy (non-hydrogen) atoms. The lowest BCUT2D eigenvalue weighted by Crippen LogP contribution is -2.41. The highest BCUT2D eigenvalue weighted by molar-refractivity contribution is 5.73.